The lowest BCUT2D eigenvalue weighted by molar-refractivity contribution is -0.239. The highest BCUT2D eigenvalue weighted by atomic mass is 16.5. The van der Waals surface area contributed by atoms with Crippen molar-refractivity contribution in [1.29, 1.82) is 0 Å². The first kappa shape index (κ1) is 14.0. The predicted molar refractivity (Wildman–Crippen MR) is 71.5 cm³/mol. The van der Waals surface area contributed by atoms with E-state index in [1.54, 1.807) is 33.8 Å². The lowest BCUT2D eigenvalue weighted by atomic mass is 9.97. The van der Waals surface area contributed by atoms with Crippen molar-refractivity contribution in [3.63, 3.8) is 0 Å². The summed E-state index contributed by atoms with van der Waals surface area (Å²) < 4.78 is 5.31. The number of allylic oxidation sites excluding steroid dienone is 2. The van der Waals surface area contributed by atoms with Crippen LogP contribution in [0.2, 0.25) is 0 Å². The third-order valence-corrected chi connectivity index (χ3v) is 3.64. The average molecular weight is 262 g/mol. The van der Waals surface area contributed by atoms with Crippen LogP contribution in [0.1, 0.15) is 27.7 Å². The molecule has 0 saturated heterocycles. The summed E-state index contributed by atoms with van der Waals surface area (Å²) in [6.45, 7) is 7.40. The van der Waals surface area contributed by atoms with Gasteiger partial charge in [-0.15, -0.1) is 10.3 Å². The molecule has 0 spiro atoms. The Labute approximate surface area is 114 Å². The van der Waals surface area contributed by atoms with Crippen molar-refractivity contribution in [2.75, 3.05) is 6.61 Å². The second-order valence-corrected chi connectivity index (χ2v) is 6.10. The van der Waals surface area contributed by atoms with Gasteiger partial charge >= 0.3 is 5.97 Å². The number of esters is 1. The number of nitrogens with zero attached hydrogens (tertiary/aromatic N) is 1. The molecule has 19 heavy (non-hydrogen) atoms. The lowest BCUT2D eigenvalue weighted by Gasteiger charge is -2.33. The molecule has 0 saturated carbocycles. The van der Waals surface area contributed by atoms with Crippen LogP contribution in [0, 0.1) is 5.92 Å². The van der Waals surface area contributed by atoms with E-state index >= 15 is 0 Å². The van der Waals surface area contributed by atoms with E-state index in [-0.39, 0.29) is 5.92 Å². The third-order valence-electron chi connectivity index (χ3n) is 3.64. The number of carbonyl (C=O) groups excluding carboxylic acids is 1. The van der Waals surface area contributed by atoms with Crippen LogP contribution in [-0.2, 0) is 14.7 Å². The zero-order valence-corrected chi connectivity index (χ0v) is 11.8. The second kappa shape index (κ2) is 4.62. The summed E-state index contributed by atoms with van der Waals surface area (Å²) in [5.74, 6) is -0.254. The van der Waals surface area contributed by atoms with Crippen LogP contribution in [0.15, 0.2) is 36.0 Å². The molecule has 0 aromatic rings. The largest absolute Gasteiger partial charge is 0.461 e. The molecule has 0 unspecified atom stereocenters. The highest BCUT2D eigenvalue weighted by Gasteiger charge is 2.49. The molecule has 1 radical (unpaired) electrons. The van der Waals surface area contributed by atoms with Gasteiger partial charge in [-0.1, -0.05) is 24.3 Å². The van der Waals surface area contributed by atoms with E-state index in [0.29, 0.717) is 12.2 Å². The number of hydrogen-bond acceptors (Lipinski definition) is 3. The van der Waals surface area contributed by atoms with E-state index in [1.807, 2.05) is 24.3 Å². The fraction of sp³-hybridized carbons (Fsp3) is 0.533. The highest BCUT2D eigenvalue weighted by Crippen LogP contribution is 2.39. The maximum Gasteiger partial charge on any atom is 0.335 e. The summed E-state index contributed by atoms with van der Waals surface area (Å²) >= 11 is 0. The van der Waals surface area contributed by atoms with Crippen molar-refractivity contribution in [3.05, 3.63) is 36.0 Å². The van der Waals surface area contributed by atoms with Gasteiger partial charge in [-0.2, -0.15) is 0 Å². The van der Waals surface area contributed by atoms with Crippen molar-refractivity contribution >= 4 is 5.97 Å². The Morgan fingerprint density at radius 1 is 1.26 bits per heavy atom. The molecule has 0 N–H and O–H groups in total. The molecular formula is C15H20NO3. The SMILES string of the molecule is CC1(C)C=C(C(=O)OCC2C=CC=C2)C(C)(C)N1[O]. The fourth-order valence-corrected chi connectivity index (χ4v) is 2.57. The maximum absolute atomic E-state index is 12.2. The molecule has 0 atom stereocenters. The molecule has 1 aliphatic heterocycles. The van der Waals surface area contributed by atoms with Gasteiger partial charge in [-0.25, -0.2) is 4.79 Å². The number of rotatable bonds is 3. The monoisotopic (exact) mass is 262 g/mol. The molecule has 103 valence electrons. The molecule has 0 bridgehead atoms. The van der Waals surface area contributed by atoms with Crippen LogP contribution in [0.4, 0.5) is 0 Å². The van der Waals surface area contributed by atoms with Gasteiger partial charge in [0, 0.05) is 5.92 Å². The summed E-state index contributed by atoms with van der Waals surface area (Å²) in [6, 6.07) is 0. The van der Waals surface area contributed by atoms with Crippen molar-refractivity contribution < 1.29 is 14.7 Å². The van der Waals surface area contributed by atoms with E-state index in [2.05, 4.69) is 0 Å². The topological polar surface area (TPSA) is 49.4 Å². The van der Waals surface area contributed by atoms with Crippen molar-refractivity contribution in [2.45, 2.75) is 38.8 Å². The Morgan fingerprint density at radius 3 is 2.32 bits per heavy atom. The average Bonchev–Trinajstić information content (AvgIpc) is 2.89. The van der Waals surface area contributed by atoms with Crippen LogP contribution in [0.25, 0.3) is 0 Å². The minimum atomic E-state index is -0.845. The molecule has 0 aromatic heterocycles. The van der Waals surface area contributed by atoms with E-state index in [1.165, 1.54) is 0 Å². The van der Waals surface area contributed by atoms with Crippen LogP contribution in [0.3, 0.4) is 0 Å². The minimum absolute atomic E-state index is 0.144. The number of hydrogen-bond donors (Lipinski definition) is 0. The summed E-state index contributed by atoms with van der Waals surface area (Å²) in [4.78, 5) is 12.1. The number of hydroxylamine groups is 2. The normalized spacial score (nSPS) is 24.8. The standard InChI is InChI=1S/C15H20NO3/c1-14(2)9-12(15(3,4)16(14)18)13(17)19-10-11-7-5-6-8-11/h5-9,11H,10H2,1-4H3. The molecule has 0 amide bonds. The third kappa shape index (κ3) is 2.51. The molecule has 4 heteroatoms. The van der Waals surface area contributed by atoms with Crippen molar-refractivity contribution in [2.24, 2.45) is 5.92 Å². The fourth-order valence-electron chi connectivity index (χ4n) is 2.57. The van der Waals surface area contributed by atoms with Gasteiger partial charge in [0.2, 0.25) is 0 Å². The van der Waals surface area contributed by atoms with Gasteiger partial charge in [0.1, 0.15) is 6.61 Å². The number of carbonyl (C=O) groups is 1. The van der Waals surface area contributed by atoms with Crippen LogP contribution in [-0.4, -0.2) is 28.7 Å². The van der Waals surface area contributed by atoms with Crippen LogP contribution >= 0.6 is 0 Å². The maximum atomic E-state index is 12.2. The smallest absolute Gasteiger partial charge is 0.335 e. The first-order valence-electron chi connectivity index (χ1n) is 6.48. The van der Waals surface area contributed by atoms with Crippen LogP contribution < -0.4 is 0 Å². The first-order valence-corrected chi connectivity index (χ1v) is 6.48. The van der Waals surface area contributed by atoms with Gasteiger partial charge in [0.15, 0.2) is 0 Å². The van der Waals surface area contributed by atoms with E-state index in [9.17, 15) is 10.0 Å². The van der Waals surface area contributed by atoms with Gasteiger partial charge in [0.25, 0.3) is 0 Å². The van der Waals surface area contributed by atoms with Crippen LogP contribution in [0.5, 0.6) is 0 Å². The Balaban J connectivity index is 2.06. The van der Waals surface area contributed by atoms with Gasteiger partial charge in [0.05, 0.1) is 16.7 Å². The minimum Gasteiger partial charge on any atom is -0.461 e. The molecule has 1 aliphatic carbocycles. The van der Waals surface area contributed by atoms with E-state index in [0.717, 1.165) is 5.06 Å². The Hall–Kier alpha value is -1.39. The predicted octanol–water partition coefficient (Wildman–Crippen LogP) is 2.42. The van der Waals surface area contributed by atoms with Gasteiger partial charge in [-0.3, -0.25) is 0 Å². The highest BCUT2D eigenvalue weighted by molar-refractivity contribution is 5.92. The zero-order valence-electron chi connectivity index (χ0n) is 11.8. The lowest BCUT2D eigenvalue weighted by Crippen LogP contribution is -2.47. The van der Waals surface area contributed by atoms with Gasteiger partial charge in [-0.05, 0) is 33.8 Å². The Bertz CT molecular complexity index is 460. The first-order chi connectivity index (χ1) is 8.75. The molecule has 1 heterocycles. The second-order valence-electron chi connectivity index (χ2n) is 6.10. The summed E-state index contributed by atoms with van der Waals surface area (Å²) in [6.07, 6.45) is 9.53. The van der Waals surface area contributed by atoms with E-state index < -0.39 is 17.0 Å². The van der Waals surface area contributed by atoms with Gasteiger partial charge < -0.3 is 4.74 Å². The molecule has 2 aliphatic rings. The van der Waals surface area contributed by atoms with Crippen molar-refractivity contribution in [1.82, 2.24) is 5.06 Å². The Morgan fingerprint density at radius 2 is 1.84 bits per heavy atom. The summed E-state index contributed by atoms with van der Waals surface area (Å²) in [5, 5.41) is 13.1. The molecular weight excluding hydrogens is 242 g/mol. The molecule has 0 fully saturated rings. The summed E-state index contributed by atoms with van der Waals surface area (Å²) in [5.41, 5.74) is -1.08. The quantitative estimate of drug-likeness (QED) is 0.734. The number of ether oxygens (including phenoxy) is 1. The van der Waals surface area contributed by atoms with E-state index in [4.69, 9.17) is 4.74 Å². The molecule has 2 rings (SSSR count). The molecule has 0 aromatic carbocycles. The summed E-state index contributed by atoms with van der Waals surface area (Å²) in [7, 11) is 0. The zero-order chi connectivity index (χ0) is 14.3. The Kier molecular flexibility index (Phi) is 3.41. The van der Waals surface area contributed by atoms with Crippen molar-refractivity contribution in [3.8, 4) is 0 Å². The molecule has 4 nitrogen and oxygen atoms in total.